The number of anilines is 1. The lowest BCUT2D eigenvalue weighted by Crippen LogP contribution is -2.17. The van der Waals surface area contributed by atoms with Crippen LogP contribution in [0.2, 0.25) is 0 Å². The van der Waals surface area contributed by atoms with E-state index in [0.717, 1.165) is 21.9 Å². The molecule has 0 fully saturated rings. The molecular weight excluding hydrogens is 394 g/mol. The van der Waals surface area contributed by atoms with Crippen LogP contribution in [-0.2, 0) is 9.53 Å². The van der Waals surface area contributed by atoms with E-state index in [1.807, 2.05) is 43.3 Å². The summed E-state index contributed by atoms with van der Waals surface area (Å²) < 4.78 is 15.4. The molecule has 3 aromatic carbocycles. The van der Waals surface area contributed by atoms with Crippen LogP contribution in [0.4, 0.5) is 5.69 Å². The average Bonchev–Trinajstić information content (AvgIpc) is 2.81. The zero-order valence-electron chi connectivity index (χ0n) is 18.2. The zero-order chi connectivity index (χ0) is 22.5. The van der Waals surface area contributed by atoms with Crippen molar-refractivity contribution in [2.24, 2.45) is 0 Å². The Labute approximate surface area is 181 Å². The van der Waals surface area contributed by atoms with E-state index in [1.54, 1.807) is 13.0 Å². The van der Waals surface area contributed by atoms with Gasteiger partial charge in [0.25, 0.3) is 5.91 Å². The van der Waals surface area contributed by atoms with Crippen molar-refractivity contribution in [3.63, 3.8) is 0 Å². The first kappa shape index (κ1) is 21.9. The van der Waals surface area contributed by atoms with E-state index in [1.165, 1.54) is 27.4 Å². The van der Waals surface area contributed by atoms with Crippen molar-refractivity contribution in [2.45, 2.75) is 13.8 Å². The van der Waals surface area contributed by atoms with Crippen molar-refractivity contribution in [2.75, 3.05) is 26.6 Å². The third-order valence-corrected chi connectivity index (χ3v) is 5.26. The van der Waals surface area contributed by atoms with Gasteiger partial charge in [0.05, 0.1) is 32.6 Å². The summed E-state index contributed by atoms with van der Waals surface area (Å²) in [6.45, 7) is 3.65. The summed E-state index contributed by atoms with van der Waals surface area (Å²) in [5.41, 5.74) is 2.76. The summed E-state index contributed by atoms with van der Waals surface area (Å²) >= 11 is 0. The van der Waals surface area contributed by atoms with Gasteiger partial charge in [-0.25, -0.2) is 4.79 Å². The molecule has 0 spiro atoms. The van der Waals surface area contributed by atoms with Gasteiger partial charge in [0.15, 0.2) is 11.5 Å². The minimum atomic E-state index is -0.593. The minimum Gasteiger partial charge on any atom is -0.493 e. The highest BCUT2D eigenvalue weighted by atomic mass is 16.5. The fourth-order valence-electron chi connectivity index (χ4n) is 3.29. The molecule has 0 aliphatic rings. The van der Waals surface area contributed by atoms with Crippen LogP contribution in [0.15, 0.2) is 60.2 Å². The van der Waals surface area contributed by atoms with E-state index < -0.39 is 5.97 Å². The molecule has 0 bridgehead atoms. The fraction of sp³-hybridized carbons (Fsp3) is 0.200. The summed E-state index contributed by atoms with van der Waals surface area (Å²) in [5, 5.41) is 5.04. The lowest BCUT2D eigenvalue weighted by atomic mass is 9.98. The maximum absolute atomic E-state index is 13.0. The fourth-order valence-corrected chi connectivity index (χ4v) is 3.29. The van der Waals surface area contributed by atoms with Gasteiger partial charge in [-0.3, -0.25) is 4.79 Å². The van der Waals surface area contributed by atoms with Gasteiger partial charge in [-0.15, -0.1) is 0 Å². The van der Waals surface area contributed by atoms with Crippen molar-refractivity contribution >= 4 is 33.9 Å². The molecule has 0 aliphatic carbocycles. The highest BCUT2D eigenvalue weighted by Gasteiger charge is 2.20. The number of amides is 1. The van der Waals surface area contributed by atoms with Gasteiger partial charge in [-0.1, -0.05) is 36.4 Å². The van der Waals surface area contributed by atoms with E-state index in [2.05, 4.69) is 11.4 Å². The predicted octanol–water partition coefficient (Wildman–Crippen LogP) is 5.08. The van der Waals surface area contributed by atoms with Gasteiger partial charge in [-0.2, -0.15) is 0 Å². The van der Waals surface area contributed by atoms with Gasteiger partial charge >= 0.3 is 5.97 Å². The Bertz CT molecular complexity index is 1180. The maximum Gasteiger partial charge on any atom is 0.340 e. The van der Waals surface area contributed by atoms with E-state index in [9.17, 15) is 9.59 Å². The number of carbonyl (C=O) groups excluding carboxylic acids is 2. The number of allylic oxidation sites excluding steroid dienone is 1. The molecule has 0 aliphatic heterocycles. The Morgan fingerprint density at radius 3 is 2.10 bits per heavy atom. The Balaban J connectivity index is 1.97. The smallest absolute Gasteiger partial charge is 0.340 e. The summed E-state index contributed by atoms with van der Waals surface area (Å²) in [7, 11) is 4.23. The number of fused-ring (bicyclic) bond motifs is 1. The van der Waals surface area contributed by atoms with Crippen LogP contribution < -0.4 is 14.8 Å². The topological polar surface area (TPSA) is 73.9 Å². The number of methoxy groups -OCH3 is 3. The van der Waals surface area contributed by atoms with Gasteiger partial charge in [-0.05, 0) is 41.8 Å². The van der Waals surface area contributed by atoms with Crippen LogP contribution in [-0.4, -0.2) is 33.2 Å². The Morgan fingerprint density at radius 1 is 0.806 bits per heavy atom. The number of hydrogen-bond donors (Lipinski definition) is 1. The number of ether oxygens (including phenoxy) is 3. The van der Waals surface area contributed by atoms with Gasteiger partial charge in [0, 0.05) is 17.7 Å². The highest BCUT2D eigenvalue weighted by molar-refractivity contribution is 6.11. The molecule has 6 heteroatoms. The first-order valence-electron chi connectivity index (χ1n) is 9.72. The second kappa shape index (κ2) is 9.34. The molecule has 3 aromatic rings. The van der Waals surface area contributed by atoms with E-state index >= 15 is 0 Å². The lowest BCUT2D eigenvalue weighted by molar-refractivity contribution is -0.112. The van der Waals surface area contributed by atoms with E-state index in [0.29, 0.717) is 17.1 Å². The first-order chi connectivity index (χ1) is 14.9. The molecule has 31 heavy (non-hydrogen) atoms. The quantitative estimate of drug-likeness (QED) is 0.446. The molecule has 1 amide bonds. The van der Waals surface area contributed by atoms with E-state index in [4.69, 9.17) is 14.2 Å². The van der Waals surface area contributed by atoms with Crippen LogP contribution in [0.3, 0.4) is 0 Å². The molecule has 160 valence electrons. The number of rotatable bonds is 6. The number of hydrogen-bond acceptors (Lipinski definition) is 5. The van der Waals surface area contributed by atoms with Crippen molar-refractivity contribution < 1.29 is 23.8 Å². The third kappa shape index (κ3) is 4.53. The molecule has 1 N–H and O–H groups in total. The van der Waals surface area contributed by atoms with Crippen LogP contribution >= 0.6 is 0 Å². The largest absolute Gasteiger partial charge is 0.493 e. The summed E-state index contributed by atoms with van der Waals surface area (Å²) in [6.07, 6.45) is 0. The molecule has 6 nitrogen and oxygen atoms in total. The lowest BCUT2D eigenvalue weighted by Gasteiger charge is -2.15. The number of carbonyl (C=O) groups is 2. The summed E-state index contributed by atoms with van der Waals surface area (Å²) in [4.78, 5) is 25.3. The number of nitrogens with one attached hydrogen (secondary N) is 1. The predicted molar refractivity (Wildman–Crippen MR) is 122 cm³/mol. The Morgan fingerprint density at radius 2 is 1.45 bits per heavy atom. The Hall–Kier alpha value is -3.80. The number of benzene rings is 3. The standard InChI is InChI=1S/C25H25NO5/c1-15(18-11-10-17-8-6-7-9-19(17)12-18)16(2)24(27)26-21-14-23(30-4)22(29-3)13-20(21)25(28)31-5/h6-14H,1-5H3,(H,26,27)/b16-15-. The summed E-state index contributed by atoms with van der Waals surface area (Å²) in [6, 6.07) is 17.2. The second-order valence-electron chi connectivity index (χ2n) is 7.01. The highest BCUT2D eigenvalue weighted by Crippen LogP contribution is 2.34. The van der Waals surface area contributed by atoms with E-state index in [-0.39, 0.29) is 17.2 Å². The summed E-state index contributed by atoms with van der Waals surface area (Å²) in [5.74, 6) is -0.175. The second-order valence-corrected chi connectivity index (χ2v) is 7.01. The van der Waals surface area contributed by atoms with Crippen molar-refractivity contribution in [3.8, 4) is 11.5 Å². The van der Waals surface area contributed by atoms with Crippen LogP contribution in [0.1, 0.15) is 29.8 Å². The molecule has 3 rings (SSSR count). The van der Waals surface area contributed by atoms with Gasteiger partial charge < -0.3 is 19.5 Å². The monoisotopic (exact) mass is 419 g/mol. The maximum atomic E-state index is 13.0. The van der Waals surface area contributed by atoms with Crippen LogP contribution in [0.5, 0.6) is 11.5 Å². The number of esters is 1. The zero-order valence-corrected chi connectivity index (χ0v) is 18.2. The molecule has 0 atom stereocenters. The molecule has 0 saturated heterocycles. The van der Waals surface area contributed by atoms with Gasteiger partial charge in [0.1, 0.15) is 0 Å². The molecule has 0 heterocycles. The van der Waals surface area contributed by atoms with Crippen molar-refractivity contribution in [3.05, 3.63) is 71.3 Å². The minimum absolute atomic E-state index is 0.171. The molecule has 0 unspecified atom stereocenters. The normalized spacial score (nSPS) is 11.5. The molecule has 0 radical (unpaired) electrons. The average molecular weight is 419 g/mol. The molecular formula is C25H25NO5. The SMILES string of the molecule is COC(=O)c1cc(OC)c(OC)cc1NC(=O)/C(C)=C(/C)c1ccc2ccccc2c1. The first-order valence-corrected chi connectivity index (χ1v) is 9.72. The third-order valence-electron chi connectivity index (χ3n) is 5.26. The van der Waals surface area contributed by atoms with Crippen molar-refractivity contribution in [1.29, 1.82) is 0 Å². The Kier molecular flexibility index (Phi) is 6.60. The molecule has 0 aromatic heterocycles. The van der Waals surface area contributed by atoms with Gasteiger partial charge in [0.2, 0.25) is 0 Å². The van der Waals surface area contributed by atoms with Crippen LogP contribution in [0.25, 0.3) is 16.3 Å². The molecule has 0 saturated carbocycles. The van der Waals surface area contributed by atoms with Crippen molar-refractivity contribution in [1.82, 2.24) is 0 Å². The van der Waals surface area contributed by atoms with Crippen LogP contribution in [0, 0.1) is 0 Å².